The molecule has 4 rings (SSSR count). The monoisotopic (exact) mass is 522 g/mol. The van der Waals surface area contributed by atoms with Gasteiger partial charge in [0.1, 0.15) is 10.8 Å². The Morgan fingerprint density at radius 2 is 1.91 bits per heavy atom. The van der Waals surface area contributed by atoms with Crippen LogP contribution < -0.4 is 20.1 Å². The quantitative estimate of drug-likeness (QED) is 0.483. The standard InChI is InChI=1S/C24H35ClN6O3S/c1-4-31-13-11-16-9-10-21(22(34-2)17(16)12-14-31)28-24-26-15-18(25)23(29-24)27-19-7-5-6-8-20(19)30-35(3,32)33/h9-10,15,19-20,30H,4-8,11-14H2,1-3H3,(H2,26,27,28,29)/t19-,20-/m1/s1. The second-order valence-corrected chi connectivity index (χ2v) is 11.5. The van der Waals surface area contributed by atoms with Crippen LogP contribution >= 0.6 is 11.6 Å². The van der Waals surface area contributed by atoms with Crippen LogP contribution in [0.5, 0.6) is 5.75 Å². The fourth-order valence-electron chi connectivity index (χ4n) is 5.03. The van der Waals surface area contributed by atoms with Crippen LogP contribution in [-0.2, 0) is 22.9 Å². The second kappa shape index (κ2) is 11.3. The highest BCUT2D eigenvalue weighted by atomic mass is 35.5. The normalized spacial score (nSPS) is 21.1. The minimum atomic E-state index is -3.32. The number of rotatable bonds is 8. The van der Waals surface area contributed by atoms with Crippen LogP contribution in [0.25, 0.3) is 0 Å². The number of hydrogen-bond acceptors (Lipinski definition) is 8. The van der Waals surface area contributed by atoms with Crippen molar-refractivity contribution < 1.29 is 13.2 Å². The van der Waals surface area contributed by atoms with Gasteiger partial charge in [-0.1, -0.05) is 37.4 Å². The molecule has 0 amide bonds. The van der Waals surface area contributed by atoms with E-state index in [-0.39, 0.29) is 12.1 Å². The van der Waals surface area contributed by atoms with E-state index in [1.54, 1.807) is 13.3 Å². The highest BCUT2D eigenvalue weighted by molar-refractivity contribution is 7.88. The van der Waals surface area contributed by atoms with E-state index < -0.39 is 10.0 Å². The van der Waals surface area contributed by atoms with Crippen molar-refractivity contribution >= 4 is 39.1 Å². The molecule has 1 aromatic heterocycles. The predicted octanol–water partition coefficient (Wildman–Crippen LogP) is 3.58. The topological polar surface area (TPSA) is 108 Å². The number of ether oxygens (including phenoxy) is 1. The molecule has 192 valence electrons. The Hall–Kier alpha value is -2.14. The summed E-state index contributed by atoms with van der Waals surface area (Å²) < 4.78 is 32.2. The van der Waals surface area contributed by atoms with Crippen LogP contribution in [0.4, 0.5) is 17.5 Å². The molecule has 0 unspecified atom stereocenters. The lowest BCUT2D eigenvalue weighted by atomic mass is 9.91. The average Bonchev–Trinajstić information content (AvgIpc) is 3.04. The number of anilines is 3. The number of nitrogens with one attached hydrogen (secondary N) is 3. The number of aromatic nitrogens is 2. The Morgan fingerprint density at radius 3 is 2.63 bits per heavy atom. The molecule has 1 aliphatic heterocycles. The van der Waals surface area contributed by atoms with Crippen molar-refractivity contribution in [1.82, 2.24) is 19.6 Å². The maximum Gasteiger partial charge on any atom is 0.229 e. The maximum absolute atomic E-state index is 11.8. The smallest absolute Gasteiger partial charge is 0.229 e. The third-order valence-corrected chi connectivity index (χ3v) is 7.84. The molecule has 1 aliphatic carbocycles. The molecule has 2 atom stereocenters. The van der Waals surface area contributed by atoms with E-state index in [0.29, 0.717) is 16.8 Å². The van der Waals surface area contributed by atoms with Gasteiger partial charge in [-0.25, -0.2) is 18.1 Å². The summed E-state index contributed by atoms with van der Waals surface area (Å²) in [4.78, 5) is 11.4. The zero-order chi connectivity index (χ0) is 25.0. The van der Waals surface area contributed by atoms with Crippen molar-refractivity contribution in [1.29, 1.82) is 0 Å². The van der Waals surface area contributed by atoms with Crippen LogP contribution in [0.3, 0.4) is 0 Å². The summed E-state index contributed by atoms with van der Waals surface area (Å²) in [5, 5.41) is 7.04. The molecule has 1 fully saturated rings. The van der Waals surface area contributed by atoms with E-state index in [0.717, 1.165) is 69.6 Å². The lowest BCUT2D eigenvalue weighted by Gasteiger charge is -2.32. The van der Waals surface area contributed by atoms with Crippen LogP contribution in [0.1, 0.15) is 43.7 Å². The molecule has 0 bridgehead atoms. The molecule has 1 saturated carbocycles. The van der Waals surface area contributed by atoms with Crippen molar-refractivity contribution in [2.45, 2.75) is 57.5 Å². The lowest BCUT2D eigenvalue weighted by Crippen LogP contribution is -2.48. The van der Waals surface area contributed by atoms with Gasteiger partial charge >= 0.3 is 0 Å². The molecular formula is C24H35ClN6O3S. The third-order valence-electron chi connectivity index (χ3n) is 6.83. The number of sulfonamides is 1. The predicted molar refractivity (Wildman–Crippen MR) is 140 cm³/mol. The molecule has 1 aromatic carbocycles. The van der Waals surface area contributed by atoms with Gasteiger partial charge in [0, 0.05) is 30.7 Å². The van der Waals surface area contributed by atoms with Crippen LogP contribution in [0, 0.1) is 0 Å². The van der Waals surface area contributed by atoms with Gasteiger partial charge in [-0.3, -0.25) is 0 Å². The highest BCUT2D eigenvalue weighted by Crippen LogP contribution is 2.35. The van der Waals surface area contributed by atoms with Crippen molar-refractivity contribution in [3.8, 4) is 5.75 Å². The van der Waals surface area contributed by atoms with Gasteiger partial charge in [-0.2, -0.15) is 4.98 Å². The van der Waals surface area contributed by atoms with E-state index in [9.17, 15) is 8.42 Å². The molecule has 35 heavy (non-hydrogen) atoms. The molecule has 9 nitrogen and oxygen atoms in total. The Balaban J connectivity index is 1.55. The summed E-state index contributed by atoms with van der Waals surface area (Å²) >= 11 is 6.41. The van der Waals surface area contributed by atoms with E-state index >= 15 is 0 Å². The zero-order valence-corrected chi connectivity index (χ0v) is 22.2. The second-order valence-electron chi connectivity index (χ2n) is 9.27. The van der Waals surface area contributed by atoms with E-state index in [4.69, 9.17) is 16.3 Å². The minimum absolute atomic E-state index is 0.109. The number of fused-ring (bicyclic) bond motifs is 1. The zero-order valence-electron chi connectivity index (χ0n) is 20.6. The van der Waals surface area contributed by atoms with E-state index in [1.165, 1.54) is 17.4 Å². The molecular weight excluding hydrogens is 488 g/mol. The highest BCUT2D eigenvalue weighted by Gasteiger charge is 2.28. The molecule has 3 N–H and O–H groups in total. The molecule has 0 spiro atoms. The molecule has 11 heteroatoms. The maximum atomic E-state index is 11.8. The van der Waals surface area contributed by atoms with Crippen LogP contribution in [0.2, 0.25) is 5.02 Å². The first-order valence-electron chi connectivity index (χ1n) is 12.2. The largest absolute Gasteiger partial charge is 0.494 e. The molecule has 2 aromatic rings. The molecule has 0 radical (unpaired) electrons. The van der Waals surface area contributed by atoms with Crippen molar-refractivity contribution in [3.05, 3.63) is 34.5 Å². The number of benzene rings is 1. The summed E-state index contributed by atoms with van der Waals surface area (Å²) in [5.41, 5.74) is 3.33. The summed E-state index contributed by atoms with van der Waals surface area (Å²) in [7, 11) is -1.62. The number of hydrogen-bond donors (Lipinski definition) is 3. The Labute approximate surface area is 213 Å². The van der Waals surface area contributed by atoms with Crippen LogP contribution in [0.15, 0.2) is 18.3 Å². The molecule has 2 aliphatic rings. The fourth-order valence-corrected chi connectivity index (χ4v) is 6.01. The lowest BCUT2D eigenvalue weighted by molar-refractivity contribution is 0.302. The first-order chi connectivity index (χ1) is 16.8. The summed E-state index contributed by atoms with van der Waals surface area (Å²) in [6.45, 7) is 5.28. The first-order valence-corrected chi connectivity index (χ1v) is 14.5. The number of methoxy groups -OCH3 is 1. The average molecular weight is 523 g/mol. The number of halogens is 1. The van der Waals surface area contributed by atoms with Crippen LogP contribution in [-0.4, -0.2) is 68.4 Å². The Bertz CT molecular complexity index is 1150. The van der Waals surface area contributed by atoms with Gasteiger partial charge < -0.3 is 20.3 Å². The molecule has 2 heterocycles. The van der Waals surface area contributed by atoms with Crippen molar-refractivity contribution in [2.24, 2.45) is 0 Å². The number of likely N-dealkylation sites (N-methyl/N-ethyl adjacent to an activating group) is 1. The summed E-state index contributed by atoms with van der Waals surface area (Å²) in [6.07, 6.45) is 8.23. The van der Waals surface area contributed by atoms with Gasteiger partial charge in [0.15, 0.2) is 5.82 Å². The minimum Gasteiger partial charge on any atom is -0.494 e. The van der Waals surface area contributed by atoms with Gasteiger partial charge in [-0.05, 0) is 43.9 Å². The Kier molecular flexibility index (Phi) is 8.36. The fraction of sp³-hybridized carbons (Fsp3) is 0.583. The van der Waals surface area contributed by atoms with E-state index in [2.05, 4.69) is 43.2 Å². The van der Waals surface area contributed by atoms with Gasteiger partial charge in [0.2, 0.25) is 16.0 Å². The van der Waals surface area contributed by atoms with Gasteiger partial charge in [0.25, 0.3) is 0 Å². The van der Waals surface area contributed by atoms with Gasteiger partial charge in [0.05, 0.1) is 25.2 Å². The Morgan fingerprint density at radius 1 is 1.17 bits per heavy atom. The first kappa shape index (κ1) is 25.9. The van der Waals surface area contributed by atoms with Gasteiger partial charge in [-0.15, -0.1) is 0 Å². The number of nitrogens with zero attached hydrogens (tertiary/aromatic N) is 3. The van der Waals surface area contributed by atoms with Crippen molar-refractivity contribution in [3.63, 3.8) is 0 Å². The molecule has 0 saturated heterocycles. The summed E-state index contributed by atoms with van der Waals surface area (Å²) in [5.74, 6) is 1.68. The summed E-state index contributed by atoms with van der Waals surface area (Å²) in [6, 6.07) is 3.84. The van der Waals surface area contributed by atoms with Crippen molar-refractivity contribution in [2.75, 3.05) is 43.6 Å². The SMILES string of the molecule is CCN1CCc2ccc(Nc3ncc(Cl)c(N[C@@H]4CCCC[C@H]4NS(C)(=O)=O)n3)c(OC)c2CC1. The third kappa shape index (κ3) is 6.55. The van der Waals surface area contributed by atoms with E-state index in [1.807, 2.05) is 6.07 Å².